The molecule has 0 aliphatic heterocycles. The number of nitrogens with one attached hydrogen (secondary N) is 1. The molecule has 4 nitrogen and oxygen atoms in total. The number of halogens is 2. The molecule has 0 unspecified atom stereocenters. The third-order valence-corrected chi connectivity index (χ3v) is 3.40. The van der Waals surface area contributed by atoms with Crippen LogP contribution in [0.25, 0.3) is 0 Å². The lowest BCUT2D eigenvalue weighted by atomic mass is 10.1. The van der Waals surface area contributed by atoms with E-state index in [4.69, 9.17) is 4.74 Å². The van der Waals surface area contributed by atoms with Crippen LogP contribution in [0, 0.1) is 5.82 Å². The largest absolute Gasteiger partial charge is 0.484 e. The van der Waals surface area contributed by atoms with Crippen molar-refractivity contribution in [3.8, 4) is 5.75 Å². The molecule has 0 spiro atoms. The van der Waals surface area contributed by atoms with Gasteiger partial charge in [0.15, 0.2) is 12.4 Å². The van der Waals surface area contributed by atoms with Crippen molar-refractivity contribution in [2.45, 2.75) is 6.92 Å². The summed E-state index contributed by atoms with van der Waals surface area (Å²) in [5.41, 5.74) is 1.08. The quantitative estimate of drug-likeness (QED) is 0.819. The topological polar surface area (TPSA) is 55.4 Å². The van der Waals surface area contributed by atoms with Crippen LogP contribution < -0.4 is 10.1 Å². The highest BCUT2D eigenvalue weighted by Crippen LogP contribution is 2.25. The van der Waals surface area contributed by atoms with Crippen LogP contribution >= 0.6 is 15.9 Å². The van der Waals surface area contributed by atoms with Crippen LogP contribution in [-0.4, -0.2) is 18.3 Å². The first-order chi connectivity index (χ1) is 10.5. The minimum Gasteiger partial charge on any atom is -0.484 e. The SMILES string of the molecule is CC(=O)Nc1ccc(C(=O)COc2ccc(F)cc2Br)cc1. The summed E-state index contributed by atoms with van der Waals surface area (Å²) in [6.45, 7) is 1.25. The Bertz CT molecular complexity index is 701. The zero-order valence-electron chi connectivity index (χ0n) is 11.7. The molecule has 0 aliphatic carbocycles. The minimum atomic E-state index is -0.390. The fourth-order valence-electron chi connectivity index (χ4n) is 1.76. The molecule has 0 atom stereocenters. The van der Waals surface area contributed by atoms with E-state index >= 15 is 0 Å². The van der Waals surface area contributed by atoms with Gasteiger partial charge in [-0.25, -0.2) is 4.39 Å². The van der Waals surface area contributed by atoms with Gasteiger partial charge in [-0.1, -0.05) is 0 Å². The molecule has 2 aromatic rings. The van der Waals surface area contributed by atoms with Gasteiger partial charge in [0.25, 0.3) is 0 Å². The maximum absolute atomic E-state index is 13.0. The van der Waals surface area contributed by atoms with E-state index in [1.54, 1.807) is 24.3 Å². The van der Waals surface area contributed by atoms with Crippen molar-refractivity contribution >= 4 is 33.3 Å². The number of hydrogen-bond donors (Lipinski definition) is 1. The smallest absolute Gasteiger partial charge is 0.221 e. The van der Waals surface area contributed by atoms with E-state index in [0.717, 1.165) is 0 Å². The molecule has 1 amide bonds. The average Bonchev–Trinajstić information content (AvgIpc) is 2.46. The van der Waals surface area contributed by atoms with Gasteiger partial charge in [0.2, 0.25) is 5.91 Å². The number of ether oxygens (including phenoxy) is 1. The van der Waals surface area contributed by atoms with Crippen molar-refractivity contribution in [1.29, 1.82) is 0 Å². The Morgan fingerprint density at radius 3 is 2.45 bits per heavy atom. The zero-order valence-corrected chi connectivity index (χ0v) is 13.3. The summed E-state index contributed by atoms with van der Waals surface area (Å²) < 4.78 is 18.8. The van der Waals surface area contributed by atoms with Gasteiger partial charge in [-0.05, 0) is 58.4 Å². The molecule has 1 N–H and O–H groups in total. The minimum absolute atomic E-state index is 0.163. The highest BCUT2D eigenvalue weighted by atomic mass is 79.9. The predicted molar refractivity (Wildman–Crippen MR) is 84.7 cm³/mol. The van der Waals surface area contributed by atoms with E-state index in [1.165, 1.54) is 25.1 Å². The maximum atomic E-state index is 13.0. The van der Waals surface area contributed by atoms with E-state index in [9.17, 15) is 14.0 Å². The van der Waals surface area contributed by atoms with E-state index in [1.807, 2.05) is 0 Å². The van der Waals surface area contributed by atoms with Crippen molar-refractivity contribution < 1.29 is 18.7 Å². The van der Waals surface area contributed by atoms with Crippen molar-refractivity contribution in [3.05, 3.63) is 58.3 Å². The molecule has 0 aromatic heterocycles. The standard InChI is InChI=1S/C16H13BrFNO3/c1-10(20)19-13-5-2-11(3-6-13)15(21)9-22-16-7-4-12(18)8-14(16)17/h2-8H,9H2,1H3,(H,19,20). The number of benzene rings is 2. The lowest BCUT2D eigenvalue weighted by Crippen LogP contribution is -2.12. The summed E-state index contributed by atoms with van der Waals surface area (Å²) in [7, 11) is 0. The molecule has 6 heteroatoms. The molecule has 22 heavy (non-hydrogen) atoms. The van der Waals surface area contributed by atoms with Gasteiger partial charge < -0.3 is 10.1 Å². The summed E-state index contributed by atoms with van der Waals surface area (Å²) in [5.74, 6) is -0.391. The fraction of sp³-hybridized carbons (Fsp3) is 0.125. The van der Waals surface area contributed by atoms with E-state index in [2.05, 4.69) is 21.2 Å². The van der Waals surface area contributed by atoms with Gasteiger partial charge in [-0.2, -0.15) is 0 Å². The van der Waals surface area contributed by atoms with Crippen LogP contribution in [-0.2, 0) is 4.79 Å². The first-order valence-electron chi connectivity index (χ1n) is 6.44. The van der Waals surface area contributed by atoms with Gasteiger partial charge >= 0.3 is 0 Å². The summed E-state index contributed by atoms with van der Waals surface area (Å²) in [5, 5.41) is 2.62. The summed E-state index contributed by atoms with van der Waals surface area (Å²) in [4.78, 5) is 22.9. The van der Waals surface area contributed by atoms with E-state index in [0.29, 0.717) is 21.5 Å². The van der Waals surface area contributed by atoms with Crippen LogP contribution in [0.2, 0.25) is 0 Å². The molecule has 0 fully saturated rings. The highest BCUT2D eigenvalue weighted by molar-refractivity contribution is 9.10. The molecule has 0 saturated heterocycles. The molecule has 0 bridgehead atoms. The Balaban J connectivity index is 1.98. The van der Waals surface area contributed by atoms with Gasteiger partial charge in [0.1, 0.15) is 11.6 Å². The second-order valence-corrected chi connectivity index (χ2v) is 5.40. The molecular weight excluding hydrogens is 353 g/mol. The van der Waals surface area contributed by atoms with E-state index < -0.39 is 0 Å². The number of rotatable bonds is 5. The molecule has 2 aromatic carbocycles. The average molecular weight is 366 g/mol. The Morgan fingerprint density at radius 1 is 1.18 bits per heavy atom. The maximum Gasteiger partial charge on any atom is 0.221 e. The van der Waals surface area contributed by atoms with Crippen LogP contribution in [0.1, 0.15) is 17.3 Å². The third-order valence-electron chi connectivity index (χ3n) is 2.78. The summed E-state index contributed by atoms with van der Waals surface area (Å²) >= 11 is 3.17. The lowest BCUT2D eigenvalue weighted by Gasteiger charge is -2.08. The highest BCUT2D eigenvalue weighted by Gasteiger charge is 2.09. The molecule has 114 valence electrons. The fourth-order valence-corrected chi connectivity index (χ4v) is 2.23. The molecule has 0 heterocycles. The first kappa shape index (κ1) is 16.2. The Hall–Kier alpha value is -2.21. The third kappa shape index (κ3) is 4.39. The van der Waals surface area contributed by atoms with Gasteiger partial charge in [-0.3, -0.25) is 9.59 Å². The molecule has 0 radical (unpaired) electrons. The predicted octanol–water partition coefficient (Wildman–Crippen LogP) is 3.81. The molecular formula is C16H13BrFNO3. The van der Waals surface area contributed by atoms with E-state index in [-0.39, 0.29) is 24.1 Å². The number of ketones is 1. The number of hydrogen-bond acceptors (Lipinski definition) is 3. The Morgan fingerprint density at radius 2 is 1.86 bits per heavy atom. The summed E-state index contributed by atoms with van der Waals surface area (Å²) in [6.07, 6.45) is 0. The number of carbonyl (C=O) groups excluding carboxylic acids is 2. The first-order valence-corrected chi connectivity index (χ1v) is 7.23. The summed E-state index contributed by atoms with van der Waals surface area (Å²) in [6, 6.07) is 10.5. The molecule has 0 saturated carbocycles. The molecule has 0 aliphatic rings. The monoisotopic (exact) mass is 365 g/mol. The number of amides is 1. The second kappa shape index (κ2) is 7.17. The van der Waals surface area contributed by atoms with Gasteiger partial charge in [0, 0.05) is 18.2 Å². The number of anilines is 1. The van der Waals surface area contributed by atoms with Crippen molar-refractivity contribution in [1.82, 2.24) is 0 Å². The van der Waals surface area contributed by atoms with Crippen LogP contribution in [0.3, 0.4) is 0 Å². The van der Waals surface area contributed by atoms with Crippen molar-refractivity contribution in [2.24, 2.45) is 0 Å². The van der Waals surface area contributed by atoms with Crippen LogP contribution in [0.4, 0.5) is 10.1 Å². The molecule has 2 rings (SSSR count). The van der Waals surface area contributed by atoms with Crippen LogP contribution in [0.15, 0.2) is 46.9 Å². The zero-order chi connectivity index (χ0) is 16.1. The second-order valence-electron chi connectivity index (χ2n) is 4.55. The van der Waals surface area contributed by atoms with Crippen LogP contribution in [0.5, 0.6) is 5.75 Å². The van der Waals surface area contributed by atoms with Crippen molar-refractivity contribution in [3.63, 3.8) is 0 Å². The normalized spacial score (nSPS) is 10.1. The Labute approximate surface area is 135 Å². The lowest BCUT2D eigenvalue weighted by molar-refractivity contribution is -0.114. The number of Topliss-reactive ketones (excluding diaryl/α,β-unsaturated/α-hetero) is 1. The Kier molecular flexibility index (Phi) is 5.27. The van der Waals surface area contributed by atoms with Crippen molar-refractivity contribution in [2.75, 3.05) is 11.9 Å². The van der Waals surface area contributed by atoms with Gasteiger partial charge in [-0.15, -0.1) is 0 Å². The number of carbonyl (C=O) groups is 2. The van der Waals surface area contributed by atoms with Gasteiger partial charge in [0.05, 0.1) is 4.47 Å².